The molecule has 0 aliphatic heterocycles. The normalized spacial score (nSPS) is 11.3. The van der Waals surface area contributed by atoms with Gasteiger partial charge in [-0.05, 0) is 48.0 Å². The number of ether oxygens (including phenoxy) is 1. The van der Waals surface area contributed by atoms with E-state index in [4.69, 9.17) is 16.3 Å². The second kappa shape index (κ2) is 5.17. The molecule has 0 aliphatic rings. The molecule has 1 aromatic rings. The van der Waals surface area contributed by atoms with E-state index in [1.54, 1.807) is 32.0 Å². The van der Waals surface area contributed by atoms with Crippen LogP contribution in [0.25, 0.3) is 0 Å². The van der Waals surface area contributed by atoms with Crippen LogP contribution in [0.1, 0.15) is 13.8 Å². The van der Waals surface area contributed by atoms with Gasteiger partial charge >= 0.3 is 0 Å². The maximum atomic E-state index is 11.8. The van der Waals surface area contributed by atoms with Gasteiger partial charge in [0.05, 0.1) is 5.02 Å². The van der Waals surface area contributed by atoms with Gasteiger partial charge < -0.3 is 10.1 Å². The van der Waals surface area contributed by atoms with Crippen LogP contribution in [0.4, 0.5) is 5.69 Å². The molecule has 0 heterocycles. The lowest BCUT2D eigenvalue weighted by atomic mass is 10.1. The van der Waals surface area contributed by atoms with Crippen LogP contribution in [-0.4, -0.2) is 18.6 Å². The first-order valence-corrected chi connectivity index (χ1v) is 5.85. The van der Waals surface area contributed by atoms with E-state index in [9.17, 15) is 4.79 Å². The maximum absolute atomic E-state index is 11.8. The van der Waals surface area contributed by atoms with Crippen molar-refractivity contribution in [1.82, 2.24) is 0 Å². The first-order chi connectivity index (χ1) is 7.36. The molecule has 3 nitrogen and oxygen atoms in total. The Morgan fingerprint density at radius 3 is 2.62 bits per heavy atom. The second-order valence-corrected chi connectivity index (χ2v) is 5.06. The molecule has 0 bridgehead atoms. The number of halogens is 2. The fourth-order valence-corrected chi connectivity index (χ4v) is 1.38. The van der Waals surface area contributed by atoms with Gasteiger partial charge in [-0.15, -0.1) is 0 Å². The van der Waals surface area contributed by atoms with Crippen LogP contribution in [0, 0.1) is 0 Å². The number of nitrogens with one attached hydrogen (secondary N) is 1. The summed E-state index contributed by atoms with van der Waals surface area (Å²) in [5.41, 5.74) is -0.220. The molecule has 1 rings (SSSR count). The van der Waals surface area contributed by atoms with Gasteiger partial charge in [-0.2, -0.15) is 0 Å². The lowest BCUT2D eigenvalue weighted by Crippen LogP contribution is -2.38. The summed E-state index contributed by atoms with van der Waals surface area (Å²) in [6.07, 6.45) is 0. The summed E-state index contributed by atoms with van der Waals surface area (Å²) in [7, 11) is 1.49. The van der Waals surface area contributed by atoms with Crippen molar-refractivity contribution in [3.63, 3.8) is 0 Å². The van der Waals surface area contributed by atoms with Crippen molar-refractivity contribution in [3.05, 3.63) is 27.7 Å². The van der Waals surface area contributed by atoms with Crippen LogP contribution >= 0.6 is 27.5 Å². The minimum absolute atomic E-state index is 0.214. The number of carbonyl (C=O) groups excluding carboxylic acids is 1. The van der Waals surface area contributed by atoms with Crippen molar-refractivity contribution in [1.29, 1.82) is 0 Å². The third kappa shape index (κ3) is 3.20. The molecule has 88 valence electrons. The summed E-state index contributed by atoms with van der Waals surface area (Å²) in [6.45, 7) is 3.39. The molecule has 1 N–H and O–H groups in total. The number of benzene rings is 1. The monoisotopic (exact) mass is 305 g/mol. The van der Waals surface area contributed by atoms with Crippen molar-refractivity contribution < 1.29 is 9.53 Å². The fraction of sp³-hybridized carbons (Fsp3) is 0.364. The molecule has 0 atom stereocenters. The third-order valence-electron chi connectivity index (χ3n) is 2.23. The Hall–Kier alpha value is -0.580. The Morgan fingerprint density at radius 2 is 2.12 bits per heavy atom. The molecule has 0 saturated heterocycles. The third-order valence-corrected chi connectivity index (χ3v) is 3.47. The first kappa shape index (κ1) is 13.5. The van der Waals surface area contributed by atoms with Crippen LogP contribution in [0.5, 0.6) is 0 Å². The van der Waals surface area contributed by atoms with Crippen molar-refractivity contribution in [2.75, 3.05) is 12.4 Å². The standard InChI is InChI=1S/C11H13BrClNO2/c1-11(2,16-3)10(15)14-7-4-5-8(12)9(13)6-7/h4-6H,1-3H3,(H,14,15). The molecule has 1 amide bonds. The van der Waals surface area contributed by atoms with Gasteiger partial charge in [0.1, 0.15) is 5.60 Å². The number of carbonyl (C=O) groups is 1. The zero-order valence-corrected chi connectivity index (χ0v) is 11.6. The summed E-state index contributed by atoms with van der Waals surface area (Å²) in [5.74, 6) is -0.214. The zero-order chi connectivity index (χ0) is 12.3. The predicted molar refractivity (Wildman–Crippen MR) is 68.9 cm³/mol. The average molecular weight is 307 g/mol. The van der Waals surface area contributed by atoms with Crippen molar-refractivity contribution in [2.24, 2.45) is 0 Å². The van der Waals surface area contributed by atoms with Crippen molar-refractivity contribution in [3.8, 4) is 0 Å². The highest BCUT2D eigenvalue weighted by Crippen LogP contribution is 2.26. The molecule has 0 radical (unpaired) electrons. The van der Waals surface area contributed by atoms with Crippen LogP contribution in [-0.2, 0) is 9.53 Å². The SMILES string of the molecule is COC(C)(C)C(=O)Nc1ccc(Br)c(Cl)c1. The van der Waals surface area contributed by atoms with E-state index in [1.807, 2.05) is 0 Å². The lowest BCUT2D eigenvalue weighted by Gasteiger charge is -2.21. The Labute approximate surface area is 108 Å². The molecule has 16 heavy (non-hydrogen) atoms. The van der Waals surface area contributed by atoms with Gasteiger partial charge in [0.2, 0.25) is 0 Å². The maximum Gasteiger partial charge on any atom is 0.256 e. The van der Waals surface area contributed by atoms with Crippen LogP contribution in [0.2, 0.25) is 5.02 Å². The fourth-order valence-electron chi connectivity index (χ4n) is 0.948. The molecule has 0 saturated carbocycles. The molecule has 0 aliphatic carbocycles. The number of amides is 1. The molecule has 0 unspecified atom stereocenters. The minimum atomic E-state index is -0.862. The molecule has 0 aromatic heterocycles. The number of hydrogen-bond donors (Lipinski definition) is 1. The molecular formula is C11H13BrClNO2. The van der Waals surface area contributed by atoms with Gasteiger partial charge in [0.25, 0.3) is 5.91 Å². The van der Waals surface area contributed by atoms with Crippen molar-refractivity contribution in [2.45, 2.75) is 19.4 Å². The molecule has 0 spiro atoms. The highest BCUT2D eigenvalue weighted by Gasteiger charge is 2.26. The van der Waals surface area contributed by atoms with Crippen molar-refractivity contribution >= 4 is 39.1 Å². The van der Waals surface area contributed by atoms with E-state index < -0.39 is 5.60 Å². The molecule has 0 fully saturated rings. The van der Waals surface area contributed by atoms with E-state index in [1.165, 1.54) is 7.11 Å². The zero-order valence-electron chi connectivity index (χ0n) is 9.30. The largest absolute Gasteiger partial charge is 0.369 e. The number of rotatable bonds is 3. The van der Waals surface area contributed by atoms with Gasteiger partial charge in [0.15, 0.2) is 0 Å². The summed E-state index contributed by atoms with van der Waals surface area (Å²) in [5, 5.41) is 3.28. The predicted octanol–water partition coefficient (Wildman–Crippen LogP) is 3.47. The molecular weight excluding hydrogens is 293 g/mol. The van der Waals surface area contributed by atoms with Gasteiger partial charge in [-0.25, -0.2) is 0 Å². The van der Waals surface area contributed by atoms with Gasteiger partial charge in [-0.3, -0.25) is 4.79 Å². The Balaban J connectivity index is 2.82. The number of anilines is 1. The van der Waals surface area contributed by atoms with E-state index in [0.29, 0.717) is 10.7 Å². The molecule has 5 heteroatoms. The van der Waals surface area contributed by atoms with Crippen LogP contribution in [0.3, 0.4) is 0 Å². The van der Waals surface area contributed by atoms with Gasteiger partial charge in [-0.1, -0.05) is 11.6 Å². The Bertz CT molecular complexity index is 407. The summed E-state index contributed by atoms with van der Waals surface area (Å²) in [6, 6.07) is 5.21. The number of hydrogen-bond acceptors (Lipinski definition) is 2. The summed E-state index contributed by atoms with van der Waals surface area (Å²) in [4.78, 5) is 11.8. The lowest BCUT2D eigenvalue weighted by molar-refractivity contribution is -0.133. The Kier molecular flexibility index (Phi) is 4.35. The second-order valence-electron chi connectivity index (χ2n) is 3.80. The van der Waals surface area contributed by atoms with E-state index in [2.05, 4.69) is 21.2 Å². The smallest absolute Gasteiger partial charge is 0.256 e. The number of methoxy groups -OCH3 is 1. The average Bonchev–Trinajstić information content (AvgIpc) is 2.23. The quantitative estimate of drug-likeness (QED) is 0.928. The molecule has 1 aromatic carbocycles. The minimum Gasteiger partial charge on any atom is -0.369 e. The Morgan fingerprint density at radius 1 is 1.50 bits per heavy atom. The highest BCUT2D eigenvalue weighted by atomic mass is 79.9. The van der Waals surface area contributed by atoms with Gasteiger partial charge in [0, 0.05) is 17.3 Å². The highest BCUT2D eigenvalue weighted by molar-refractivity contribution is 9.10. The summed E-state index contributed by atoms with van der Waals surface area (Å²) < 4.78 is 5.86. The van der Waals surface area contributed by atoms with E-state index >= 15 is 0 Å². The van der Waals surface area contributed by atoms with E-state index in [0.717, 1.165) is 4.47 Å². The summed E-state index contributed by atoms with van der Waals surface area (Å²) >= 11 is 9.20. The van der Waals surface area contributed by atoms with E-state index in [-0.39, 0.29) is 5.91 Å². The first-order valence-electron chi connectivity index (χ1n) is 4.68. The topological polar surface area (TPSA) is 38.3 Å². The van der Waals surface area contributed by atoms with Crippen LogP contribution < -0.4 is 5.32 Å². The van der Waals surface area contributed by atoms with Crippen LogP contribution in [0.15, 0.2) is 22.7 Å².